The van der Waals surface area contributed by atoms with Crippen molar-refractivity contribution in [2.45, 2.75) is 84.7 Å². The zero-order chi connectivity index (χ0) is 29.7. The van der Waals surface area contributed by atoms with Gasteiger partial charge in [-0.15, -0.1) is 0 Å². The Balaban J connectivity index is 1.75. The van der Waals surface area contributed by atoms with Crippen LogP contribution in [0.15, 0.2) is 60.7 Å². The molecule has 0 aliphatic heterocycles. The first-order valence-corrected chi connectivity index (χ1v) is 14.2. The van der Waals surface area contributed by atoms with E-state index in [1.165, 1.54) is 23.8 Å². The molecule has 0 spiro atoms. The van der Waals surface area contributed by atoms with Gasteiger partial charge >= 0.3 is 0 Å². The van der Waals surface area contributed by atoms with Crippen molar-refractivity contribution in [3.8, 4) is 11.5 Å². The zero-order valence-corrected chi connectivity index (χ0v) is 25.3. The lowest BCUT2D eigenvalue weighted by Crippen LogP contribution is -2.33. The molecule has 2 amide bonds. The van der Waals surface area contributed by atoms with Gasteiger partial charge in [-0.3, -0.25) is 9.59 Å². The molecule has 40 heavy (non-hydrogen) atoms. The molecule has 0 aliphatic carbocycles. The first kappa shape index (κ1) is 31.0. The van der Waals surface area contributed by atoms with Gasteiger partial charge in [-0.1, -0.05) is 72.2 Å². The molecular weight excluding hydrogens is 524 g/mol. The van der Waals surface area contributed by atoms with Crippen molar-refractivity contribution >= 4 is 34.8 Å². The highest BCUT2D eigenvalue weighted by Gasteiger charge is 2.29. The van der Waals surface area contributed by atoms with E-state index in [9.17, 15) is 14.7 Å². The molecule has 0 aromatic heterocycles. The highest BCUT2D eigenvalue weighted by Crippen LogP contribution is 2.39. The molecule has 0 fully saturated rings. The summed E-state index contributed by atoms with van der Waals surface area (Å²) < 4.78 is 6.36. The molecule has 3 N–H and O–H groups in total. The summed E-state index contributed by atoms with van der Waals surface area (Å²) in [7, 11) is 0. The van der Waals surface area contributed by atoms with Crippen molar-refractivity contribution < 1.29 is 19.4 Å². The predicted molar refractivity (Wildman–Crippen MR) is 164 cm³/mol. The fraction of sp³-hybridized carbons (Fsp3) is 0.394. The number of amides is 2. The van der Waals surface area contributed by atoms with Crippen molar-refractivity contribution in [1.82, 2.24) is 0 Å². The van der Waals surface area contributed by atoms with Crippen LogP contribution >= 0.6 is 11.6 Å². The number of halogens is 1. The lowest BCUT2D eigenvalue weighted by atomic mass is 9.76. The summed E-state index contributed by atoms with van der Waals surface area (Å²) in [5.74, 6) is -0.0324. The van der Waals surface area contributed by atoms with Crippen molar-refractivity contribution in [1.29, 1.82) is 0 Å². The minimum Gasteiger partial charge on any atom is -0.506 e. The monoisotopic (exact) mass is 564 g/mol. The van der Waals surface area contributed by atoms with Gasteiger partial charge in [0.15, 0.2) is 6.10 Å². The summed E-state index contributed by atoms with van der Waals surface area (Å²) in [4.78, 5) is 25.9. The molecule has 0 heterocycles. The number of hydrogen-bond donors (Lipinski definition) is 3. The van der Waals surface area contributed by atoms with Crippen LogP contribution in [-0.4, -0.2) is 23.0 Å². The topological polar surface area (TPSA) is 87.7 Å². The maximum Gasteiger partial charge on any atom is 0.265 e. The second-order valence-electron chi connectivity index (χ2n) is 11.4. The molecule has 1 atom stereocenters. The SMILES string of the molecule is CCC(Oc1ccc(C(C)(C)CC)cc1C(C)(C)CC)C(=O)Nc1ccc(C(=O)Nc2cc(Cl)ccc2O)cc1. The summed E-state index contributed by atoms with van der Waals surface area (Å²) >= 11 is 5.96. The van der Waals surface area contributed by atoms with Gasteiger partial charge in [0.05, 0.1) is 5.69 Å². The second-order valence-corrected chi connectivity index (χ2v) is 11.8. The molecular formula is C33H41ClN2O4. The molecule has 3 rings (SSSR count). The Morgan fingerprint density at radius 1 is 0.875 bits per heavy atom. The Labute approximate surface area is 243 Å². The maximum absolute atomic E-state index is 13.2. The van der Waals surface area contributed by atoms with E-state index in [0.717, 1.165) is 24.2 Å². The third-order valence-corrected chi connectivity index (χ3v) is 8.05. The quantitative estimate of drug-likeness (QED) is 0.204. The Morgan fingerprint density at radius 3 is 2.12 bits per heavy atom. The van der Waals surface area contributed by atoms with Crippen LogP contribution < -0.4 is 15.4 Å². The van der Waals surface area contributed by atoms with Crippen LogP contribution in [0.1, 0.15) is 89.2 Å². The number of rotatable bonds is 11. The summed E-state index contributed by atoms with van der Waals surface area (Å²) in [6, 6.07) is 17.3. The third kappa shape index (κ3) is 7.36. The van der Waals surface area contributed by atoms with E-state index in [-0.39, 0.29) is 28.2 Å². The average molecular weight is 565 g/mol. The molecule has 0 saturated carbocycles. The molecule has 0 saturated heterocycles. The van der Waals surface area contributed by atoms with Gasteiger partial charge in [-0.2, -0.15) is 0 Å². The van der Waals surface area contributed by atoms with Crippen LogP contribution in [0.4, 0.5) is 11.4 Å². The molecule has 6 nitrogen and oxygen atoms in total. The van der Waals surface area contributed by atoms with Crippen LogP contribution in [0.25, 0.3) is 0 Å². The minimum atomic E-state index is -0.690. The number of nitrogens with one attached hydrogen (secondary N) is 2. The predicted octanol–water partition coefficient (Wildman–Crippen LogP) is 8.47. The molecule has 1 unspecified atom stereocenters. The van der Waals surface area contributed by atoms with Gasteiger partial charge in [0, 0.05) is 21.8 Å². The molecule has 0 bridgehead atoms. The number of hydrogen-bond acceptors (Lipinski definition) is 4. The van der Waals surface area contributed by atoms with Crippen LogP contribution in [0.2, 0.25) is 5.02 Å². The first-order chi connectivity index (χ1) is 18.8. The molecule has 3 aromatic rings. The number of carbonyl (C=O) groups excluding carboxylic acids is 2. The minimum absolute atomic E-state index is 0.0379. The van der Waals surface area contributed by atoms with Gasteiger partial charge in [-0.05, 0) is 84.2 Å². The smallest absolute Gasteiger partial charge is 0.265 e. The maximum atomic E-state index is 13.2. The van der Waals surface area contributed by atoms with Crippen LogP contribution in [0, 0.1) is 0 Å². The molecule has 7 heteroatoms. The van der Waals surface area contributed by atoms with E-state index in [2.05, 4.69) is 64.3 Å². The van der Waals surface area contributed by atoms with Gasteiger partial charge < -0.3 is 20.5 Å². The summed E-state index contributed by atoms with van der Waals surface area (Å²) in [6.45, 7) is 15.1. The Morgan fingerprint density at radius 2 is 1.52 bits per heavy atom. The number of benzene rings is 3. The number of anilines is 2. The van der Waals surface area contributed by atoms with E-state index in [1.807, 2.05) is 13.0 Å². The number of phenols is 1. The van der Waals surface area contributed by atoms with Gasteiger partial charge in [-0.25, -0.2) is 0 Å². The van der Waals surface area contributed by atoms with Crippen LogP contribution in [-0.2, 0) is 15.6 Å². The van der Waals surface area contributed by atoms with E-state index in [4.69, 9.17) is 16.3 Å². The van der Waals surface area contributed by atoms with E-state index in [0.29, 0.717) is 22.7 Å². The van der Waals surface area contributed by atoms with E-state index < -0.39 is 12.0 Å². The molecule has 0 aliphatic rings. The second kappa shape index (κ2) is 12.8. The molecule has 3 aromatic carbocycles. The molecule has 0 radical (unpaired) electrons. The van der Waals surface area contributed by atoms with Crippen molar-refractivity contribution in [3.63, 3.8) is 0 Å². The largest absolute Gasteiger partial charge is 0.506 e. The lowest BCUT2D eigenvalue weighted by molar-refractivity contribution is -0.122. The van der Waals surface area contributed by atoms with Crippen molar-refractivity contribution in [2.24, 2.45) is 0 Å². The fourth-order valence-electron chi connectivity index (χ4n) is 4.18. The van der Waals surface area contributed by atoms with Gasteiger partial charge in [0.25, 0.3) is 11.8 Å². The highest BCUT2D eigenvalue weighted by atomic mass is 35.5. The highest BCUT2D eigenvalue weighted by molar-refractivity contribution is 6.31. The normalized spacial score (nSPS) is 12.5. The zero-order valence-electron chi connectivity index (χ0n) is 24.5. The summed E-state index contributed by atoms with van der Waals surface area (Å²) in [5.41, 5.74) is 3.39. The van der Waals surface area contributed by atoms with Crippen LogP contribution in [0.3, 0.4) is 0 Å². The summed E-state index contributed by atoms with van der Waals surface area (Å²) in [6.07, 6.45) is 1.75. The standard InChI is InChI=1S/C33H41ClN2O4/c1-8-28(40-29-18-13-22(32(4,5)9-2)19-25(29)33(6,7)10-3)31(39)35-24-15-11-21(12-16-24)30(38)36-26-20-23(34)14-17-27(26)37/h11-20,28,37H,8-10H2,1-7H3,(H,35,39)(H,36,38). The van der Waals surface area contributed by atoms with Gasteiger partial charge in [0.1, 0.15) is 11.5 Å². The van der Waals surface area contributed by atoms with E-state index in [1.54, 1.807) is 24.3 Å². The number of ether oxygens (including phenoxy) is 1. The average Bonchev–Trinajstić information content (AvgIpc) is 2.93. The summed E-state index contributed by atoms with van der Waals surface area (Å²) in [5, 5.41) is 15.9. The number of phenolic OH excluding ortho intramolecular Hbond substituents is 1. The Bertz CT molecular complexity index is 1350. The van der Waals surface area contributed by atoms with E-state index >= 15 is 0 Å². The lowest BCUT2D eigenvalue weighted by Gasteiger charge is -2.31. The van der Waals surface area contributed by atoms with Crippen molar-refractivity contribution in [2.75, 3.05) is 10.6 Å². The van der Waals surface area contributed by atoms with Crippen molar-refractivity contribution in [3.05, 3.63) is 82.4 Å². The number of aromatic hydroxyl groups is 1. The van der Waals surface area contributed by atoms with Gasteiger partial charge in [0.2, 0.25) is 0 Å². The molecule has 214 valence electrons. The Hall–Kier alpha value is -3.51. The third-order valence-electron chi connectivity index (χ3n) is 7.81. The first-order valence-electron chi connectivity index (χ1n) is 13.8. The van der Waals surface area contributed by atoms with Crippen LogP contribution in [0.5, 0.6) is 11.5 Å². The Kier molecular flexibility index (Phi) is 9.91. The number of carbonyl (C=O) groups is 2. The fourth-order valence-corrected chi connectivity index (χ4v) is 4.36.